The molecule has 7 heteroatoms. The maximum Gasteiger partial charge on any atom is 0.410 e. The Kier molecular flexibility index (Phi) is 5.81. The third kappa shape index (κ3) is 6.48. The molecule has 1 saturated heterocycles. The number of hydrogen-bond donors (Lipinski definition) is 0. The van der Waals surface area contributed by atoms with Crippen LogP contribution in [0.4, 0.5) is 4.79 Å². The predicted molar refractivity (Wildman–Crippen MR) is 80.4 cm³/mol. The fraction of sp³-hybridized carbons (Fsp3) is 0.786. The normalized spacial score (nSPS) is 23.8. The van der Waals surface area contributed by atoms with Crippen LogP contribution in [0.5, 0.6) is 0 Å². The Hall–Kier alpha value is -1.08. The van der Waals surface area contributed by atoms with E-state index in [1.165, 1.54) is 0 Å². The molecule has 0 saturated carbocycles. The molecule has 1 amide bonds. The Morgan fingerprint density at radius 2 is 2.00 bits per heavy atom. The molecule has 0 N–H and O–H groups in total. The van der Waals surface area contributed by atoms with Crippen molar-refractivity contribution in [2.24, 2.45) is 5.92 Å². The van der Waals surface area contributed by atoms with Gasteiger partial charge in [-0.1, -0.05) is 19.1 Å². The highest BCUT2D eigenvalue weighted by Crippen LogP contribution is 2.26. The van der Waals surface area contributed by atoms with E-state index in [0.29, 0.717) is 12.5 Å². The number of ether oxygens (including phenoxy) is 1. The van der Waals surface area contributed by atoms with Crippen molar-refractivity contribution in [2.75, 3.05) is 19.4 Å². The van der Waals surface area contributed by atoms with Gasteiger partial charge in [0, 0.05) is 6.54 Å². The number of carbonyl (C=O) groups is 1. The Balaban J connectivity index is 2.65. The Labute approximate surface area is 127 Å². The predicted octanol–water partition coefficient (Wildman–Crippen LogP) is 2.16. The Bertz CT molecular complexity index is 492. The summed E-state index contributed by atoms with van der Waals surface area (Å²) in [5.74, 6) is 0.298. The minimum absolute atomic E-state index is 0.0236. The first-order valence-electron chi connectivity index (χ1n) is 7.00. The quantitative estimate of drug-likeness (QED) is 0.586. The van der Waals surface area contributed by atoms with Gasteiger partial charge in [0.25, 0.3) is 10.1 Å². The number of carbonyl (C=O) groups excluding carboxylic acids is 1. The summed E-state index contributed by atoms with van der Waals surface area (Å²) in [6.07, 6.45) is 5.00. The fourth-order valence-electron chi connectivity index (χ4n) is 2.15. The highest BCUT2D eigenvalue weighted by Gasteiger charge is 2.35. The van der Waals surface area contributed by atoms with Crippen molar-refractivity contribution in [3.63, 3.8) is 0 Å². The number of hydrogen-bond acceptors (Lipinski definition) is 5. The summed E-state index contributed by atoms with van der Waals surface area (Å²) in [6, 6.07) is -0.0944. The van der Waals surface area contributed by atoms with E-state index in [1.807, 2.05) is 26.8 Å². The molecule has 0 radical (unpaired) electrons. The molecular weight excluding hydrogens is 294 g/mol. The molecule has 0 unspecified atom stereocenters. The third-order valence-corrected chi connectivity index (χ3v) is 3.67. The van der Waals surface area contributed by atoms with Crippen LogP contribution in [0.15, 0.2) is 12.2 Å². The Morgan fingerprint density at radius 1 is 1.38 bits per heavy atom. The van der Waals surface area contributed by atoms with Gasteiger partial charge in [0.05, 0.1) is 18.9 Å². The zero-order chi connectivity index (χ0) is 16.3. The first-order valence-corrected chi connectivity index (χ1v) is 8.82. The van der Waals surface area contributed by atoms with E-state index in [1.54, 1.807) is 11.0 Å². The summed E-state index contributed by atoms with van der Waals surface area (Å²) in [6.45, 7) is 8.15. The van der Waals surface area contributed by atoms with Gasteiger partial charge in [-0.3, -0.25) is 4.18 Å². The summed E-state index contributed by atoms with van der Waals surface area (Å²) in [5.41, 5.74) is -0.531. The molecule has 6 nitrogen and oxygen atoms in total. The fourth-order valence-corrected chi connectivity index (χ4v) is 2.48. The first-order chi connectivity index (χ1) is 9.49. The van der Waals surface area contributed by atoms with Crippen LogP contribution in [-0.4, -0.2) is 50.5 Å². The second kappa shape index (κ2) is 6.79. The van der Waals surface area contributed by atoms with Crippen molar-refractivity contribution in [1.29, 1.82) is 0 Å². The minimum Gasteiger partial charge on any atom is -0.444 e. The van der Waals surface area contributed by atoms with Gasteiger partial charge in [-0.15, -0.1) is 0 Å². The first kappa shape index (κ1) is 18.0. The highest BCUT2D eigenvalue weighted by molar-refractivity contribution is 7.85. The summed E-state index contributed by atoms with van der Waals surface area (Å²) >= 11 is 0. The Morgan fingerprint density at radius 3 is 2.52 bits per heavy atom. The molecule has 1 rings (SSSR count). The third-order valence-electron chi connectivity index (χ3n) is 3.11. The SMILES string of the molecule is C[C@H]1CCN(C(=O)OC(C)(C)C)[C@@H]1C=CCOS(C)(=O)=O. The van der Waals surface area contributed by atoms with Gasteiger partial charge in [-0.05, 0) is 33.1 Å². The highest BCUT2D eigenvalue weighted by atomic mass is 32.2. The lowest BCUT2D eigenvalue weighted by Gasteiger charge is -2.28. The van der Waals surface area contributed by atoms with E-state index < -0.39 is 15.7 Å². The number of rotatable bonds is 4. The zero-order valence-electron chi connectivity index (χ0n) is 13.3. The van der Waals surface area contributed by atoms with Gasteiger partial charge < -0.3 is 9.64 Å². The van der Waals surface area contributed by atoms with Gasteiger partial charge in [0.1, 0.15) is 5.60 Å². The summed E-state index contributed by atoms with van der Waals surface area (Å²) < 4.78 is 31.8. The average molecular weight is 319 g/mol. The van der Waals surface area contributed by atoms with Crippen LogP contribution in [-0.2, 0) is 19.0 Å². The lowest BCUT2D eigenvalue weighted by atomic mass is 10.0. The number of amides is 1. The van der Waals surface area contributed by atoms with Crippen LogP contribution in [0.2, 0.25) is 0 Å². The second-order valence-electron chi connectivity index (χ2n) is 6.35. The molecule has 0 spiro atoms. The molecule has 1 aliphatic heterocycles. The van der Waals surface area contributed by atoms with Crippen LogP contribution in [0.25, 0.3) is 0 Å². The molecule has 0 aromatic rings. The molecule has 2 atom stereocenters. The van der Waals surface area contributed by atoms with Crippen molar-refractivity contribution >= 4 is 16.2 Å². The zero-order valence-corrected chi connectivity index (χ0v) is 14.1. The maximum atomic E-state index is 12.2. The van der Waals surface area contributed by atoms with Crippen molar-refractivity contribution in [3.8, 4) is 0 Å². The van der Waals surface area contributed by atoms with Crippen molar-refractivity contribution in [2.45, 2.75) is 45.8 Å². The van der Waals surface area contributed by atoms with E-state index in [0.717, 1.165) is 12.7 Å². The summed E-state index contributed by atoms with van der Waals surface area (Å²) in [5, 5.41) is 0. The second-order valence-corrected chi connectivity index (χ2v) is 7.99. The minimum atomic E-state index is -3.44. The molecular formula is C14H25NO5S. The molecule has 1 fully saturated rings. The lowest BCUT2D eigenvalue weighted by molar-refractivity contribution is 0.0244. The topological polar surface area (TPSA) is 72.9 Å². The number of nitrogens with zero attached hydrogens (tertiary/aromatic N) is 1. The molecule has 0 aromatic heterocycles. The summed E-state index contributed by atoms with van der Waals surface area (Å²) in [7, 11) is -3.44. The van der Waals surface area contributed by atoms with Gasteiger partial charge in [-0.2, -0.15) is 8.42 Å². The average Bonchev–Trinajstić information content (AvgIpc) is 2.63. The lowest BCUT2D eigenvalue weighted by Crippen LogP contribution is -2.40. The van der Waals surface area contributed by atoms with Crippen LogP contribution in [0.1, 0.15) is 34.1 Å². The monoisotopic (exact) mass is 319 g/mol. The van der Waals surface area contributed by atoms with Crippen molar-refractivity contribution < 1.29 is 22.1 Å². The van der Waals surface area contributed by atoms with Crippen LogP contribution < -0.4 is 0 Å². The van der Waals surface area contributed by atoms with E-state index in [-0.39, 0.29) is 18.7 Å². The van der Waals surface area contributed by atoms with Crippen molar-refractivity contribution in [3.05, 3.63) is 12.2 Å². The van der Waals surface area contributed by atoms with Gasteiger partial charge in [-0.25, -0.2) is 4.79 Å². The molecule has 1 heterocycles. The maximum absolute atomic E-state index is 12.2. The van der Waals surface area contributed by atoms with Gasteiger partial charge in [0.15, 0.2) is 0 Å². The molecule has 0 bridgehead atoms. The molecule has 21 heavy (non-hydrogen) atoms. The van der Waals surface area contributed by atoms with E-state index in [4.69, 9.17) is 4.74 Å². The van der Waals surface area contributed by atoms with Crippen LogP contribution >= 0.6 is 0 Å². The molecule has 0 aromatic carbocycles. The van der Waals surface area contributed by atoms with Crippen LogP contribution in [0, 0.1) is 5.92 Å². The van der Waals surface area contributed by atoms with E-state index in [9.17, 15) is 13.2 Å². The smallest absolute Gasteiger partial charge is 0.410 e. The standard InChI is InChI=1S/C14H25NO5S/c1-11-8-9-15(13(16)20-14(2,3)4)12(11)7-6-10-19-21(5,17)18/h6-7,11-12H,8-10H2,1-5H3/t11-,12+/m0/s1. The van der Waals surface area contributed by atoms with Gasteiger partial charge >= 0.3 is 6.09 Å². The molecule has 122 valence electrons. The summed E-state index contributed by atoms with van der Waals surface area (Å²) in [4.78, 5) is 13.8. The van der Waals surface area contributed by atoms with Gasteiger partial charge in [0.2, 0.25) is 0 Å². The number of likely N-dealkylation sites (tertiary alicyclic amines) is 1. The molecule has 1 aliphatic rings. The largest absolute Gasteiger partial charge is 0.444 e. The van der Waals surface area contributed by atoms with E-state index >= 15 is 0 Å². The molecule has 0 aliphatic carbocycles. The van der Waals surface area contributed by atoms with E-state index in [2.05, 4.69) is 11.1 Å². The van der Waals surface area contributed by atoms with Crippen LogP contribution in [0.3, 0.4) is 0 Å². The van der Waals surface area contributed by atoms with Crippen molar-refractivity contribution in [1.82, 2.24) is 4.90 Å².